The average Bonchev–Trinajstić information content (AvgIpc) is 2.86. The van der Waals surface area contributed by atoms with Crippen molar-refractivity contribution in [2.24, 2.45) is 5.92 Å². The van der Waals surface area contributed by atoms with E-state index in [1.54, 1.807) is 6.33 Å². The molecular weight excluding hydrogens is 214 g/mol. The Bertz CT molecular complexity index is 388. The van der Waals surface area contributed by atoms with Crippen LogP contribution in [0.2, 0.25) is 0 Å². The van der Waals surface area contributed by atoms with Gasteiger partial charge in [0.05, 0.1) is 0 Å². The summed E-state index contributed by atoms with van der Waals surface area (Å²) in [5.74, 6) is 1.80. The molecule has 2 aliphatic rings. The van der Waals surface area contributed by atoms with Crippen molar-refractivity contribution in [2.45, 2.75) is 32.1 Å². The SMILES string of the molecule is c1nc2c(c(NCC3CCOCC3)n1)CCC2. The van der Waals surface area contributed by atoms with Gasteiger partial charge in [0, 0.05) is 31.0 Å². The second kappa shape index (κ2) is 5.00. The molecule has 1 aromatic rings. The van der Waals surface area contributed by atoms with Crippen molar-refractivity contribution >= 4 is 5.82 Å². The van der Waals surface area contributed by atoms with Gasteiger partial charge in [0.1, 0.15) is 12.1 Å². The maximum absolute atomic E-state index is 5.37. The number of fused-ring (bicyclic) bond motifs is 1. The Morgan fingerprint density at radius 1 is 1.24 bits per heavy atom. The number of nitrogens with one attached hydrogen (secondary N) is 1. The van der Waals surface area contributed by atoms with Crippen LogP contribution in [-0.2, 0) is 17.6 Å². The van der Waals surface area contributed by atoms with Gasteiger partial charge in [0.15, 0.2) is 0 Å². The van der Waals surface area contributed by atoms with Crippen LogP contribution in [0.1, 0.15) is 30.5 Å². The Kier molecular flexibility index (Phi) is 3.22. The molecule has 0 aromatic carbocycles. The van der Waals surface area contributed by atoms with Crippen molar-refractivity contribution in [3.05, 3.63) is 17.6 Å². The molecule has 0 amide bonds. The minimum absolute atomic E-state index is 0.732. The maximum atomic E-state index is 5.37. The van der Waals surface area contributed by atoms with Crippen molar-refractivity contribution in [1.29, 1.82) is 0 Å². The van der Waals surface area contributed by atoms with E-state index in [1.165, 1.54) is 30.5 Å². The first-order chi connectivity index (χ1) is 8.43. The third-order valence-corrected chi connectivity index (χ3v) is 3.77. The highest BCUT2D eigenvalue weighted by Gasteiger charge is 2.18. The van der Waals surface area contributed by atoms with E-state index >= 15 is 0 Å². The summed E-state index contributed by atoms with van der Waals surface area (Å²) >= 11 is 0. The minimum atomic E-state index is 0.732. The average molecular weight is 233 g/mol. The molecule has 2 heterocycles. The number of ether oxygens (including phenoxy) is 1. The van der Waals surface area contributed by atoms with Crippen LogP contribution in [0.4, 0.5) is 5.82 Å². The van der Waals surface area contributed by atoms with Gasteiger partial charge in [-0.05, 0) is 38.0 Å². The number of hydrogen-bond donors (Lipinski definition) is 1. The Morgan fingerprint density at radius 2 is 2.12 bits per heavy atom. The first kappa shape index (κ1) is 11.0. The summed E-state index contributed by atoms with van der Waals surface area (Å²) in [7, 11) is 0. The molecule has 4 nitrogen and oxygen atoms in total. The van der Waals surface area contributed by atoms with E-state index in [2.05, 4.69) is 15.3 Å². The molecule has 92 valence electrons. The number of aryl methyl sites for hydroxylation is 1. The normalized spacial score (nSPS) is 20.2. The molecule has 3 rings (SSSR count). The van der Waals surface area contributed by atoms with E-state index in [4.69, 9.17) is 4.74 Å². The second-order valence-electron chi connectivity index (χ2n) is 4.94. The first-order valence-corrected chi connectivity index (χ1v) is 6.58. The third kappa shape index (κ3) is 2.41. The highest BCUT2D eigenvalue weighted by Crippen LogP contribution is 2.25. The Balaban J connectivity index is 1.63. The zero-order valence-corrected chi connectivity index (χ0v) is 10.1. The van der Waals surface area contributed by atoms with E-state index in [0.717, 1.165) is 44.3 Å². The summed E-state index contributed by atoms with van der Waals surface area (Å²) in [5.41, 5.74) is 2.59. The van der Waals surface area contributed by atoms with E-state index < -0.39 is 0 Å². The van der Waals surface area contributed by atoms with Crippen LogP contribution in [0, 0.1) is 5.92 Å². The summed E-state index contributed by atoms with van der Waals surface area (Å²) in [6.45, 7) is 2.84. The van der Waals surface area contributed by atoms with Crippen molar-refractivity contribution in [3.8, 4) is 0 Å². The van der Waals surface area contributed by atoms with Gasteiger partial charge in [0.2, 0.25) is 0 Å². The molecule has 1 aliphatic carbocycles. The van der Waals surface area contributed by atoms with Gasteiger partial charge in [-0.1, -0.05) is 0 Å². The topological polar surface area (TPSA) is 47.0 Å². The van der Waals surface area contributed by atoms with Crippen LogP contribution in [0.25, 0.3) is 0 Å². The Hall–Kier alpha value is -1.16. The highest BCUT2D eigenvalue weighted by molar-refractivity contribution is 5.47. The number of rotatable bonds is 3. The van der Waals surface area contributed by atoms with E-state index in [9.17, 15) is 0 Å². The summed E-state index contributed by atoms with van der Waals surface area (Å²) in [5, 5.41) is 3.51. The van der Waals surface area contributed by atoms with Gasteiger partial charge in [-0.25, -0.2) is 9.97 Å². The lowest BCUT2D eigenvalue weighted by Gasteiger charge is -2.22. The van der Waals surface area contributed by atoms with Crippen LogP contribution in [0.15, 0.2) is 6.33 Å². The number of hydrogen-bond acceptors (Lipinski definition) is 4. The molecule has 0 saturated carbocycles. The van der Waals surface area contributed by atoms with Gasteiger partial charge >= 0.3 is 0 Å². The van der Waals surface area contributed by atoms with E-state index in [-0.39, 0.29) is 0 Å². The lowest BCUT2D eigenvalue weighted by Crippen LogP contribution is -2.23. The number of aromatic nitrogens is 2. The van der Waals surface area contributed by atoms with Gasteiger partial charge in [-0.15, -0.1) is 0 Å². The molecule has 1 aliphatic heterocycles. The predicted molar refractivity (Wildman–Crippen MR) is 66.1 cm³/mol. The van der Waals surface area contributed by atoms with Crippen molar-refractivity contribution in [1.82, 2.24) is 9.97 Å². The van der Waals surface area contributed by atoms with Gasteiger partial charge in [0.25, 0.3) is 0 Å². The van der Waals surface area contributed by atoms with Crippen molar-refractivity contribution < 1.29 is 4.74 Å². The molecule has 4 heteroatoms. The molecule has 0 spiro atoms. The molecule has 1 fully saturated rings. The Labute approximate surface area is 102 Å². The Morgan fingerprint density at radius 3 is 3.00 bits per heavy atom. The molecule has 0 unspecified atom stereocenters. The highest BCUT2D eigenvalue weighted by atomic mass is 16.5. The molecule has 1 saturated heterocycles. The van der Waals surface area contributed by atoms with Crippen LogP contribution < -0.4 is 5.32 Å². The maximum Gasteiger partial charge on any atom is 0.132 e. The summed E-state index contributed by atoms with van der Waals surface area (Å²) < 4.78 is 5.37. The van der Waals surface area contributed by atoms with Crippen LogP contribution in [-0.4, -0.2) is 29.7 Å². The molecule has 1 N–H and O–H groups in total. The fourth-order valence-electron chi connectivity index (χ4n) is 2.70. The van der Waals surface area contributed by atoms with Gasteiger partial charge < -0.3 is 10.1 Å². The third-order valence-electron chi connectivity index (χ3n) is 3.77. The fraction of sp³-hybridized carbons (Fsp3) is 0.692. The molecule has 0 atom stereocenters. The second-order valence-corrected chi connectivity index (χ2v) is 4.94. The lowest BCUT2D eigenvalue weighted by atomic mass is 10.0. The fourth-order valence-corrected chi connectivity index (χ4v) is 2.70. The number of anilines is 1. The van der Waals surface area contributed by atoms with Gasteiger partial charge in [-0.3, -0.25) is 0 Å². The zero-order chi connectivity index (χ0) is 11.5. The van der Waals surface area contributed by atoms with Crippen LogP contribution in [0.3, 0.4) is 0 Å². The minimum Gasteiger partial charge on any atom is -0.381 e. The van der Waals surface area contributed by atoms with Gasteiger partial charge in [-0.2, -0.15) is 0 Å². The standard InChI is InChI=1S/C13H19N3O/c1-2-11-12(3-1)15-9-16-13(11)14-8-10-4-6-17-7-5-10/h9-10H,1-8H2,(H,14,15,16). The monoisotopic (exact) mass is 233 g/mol. The lowest BCUT2D eigenvalue weighted by molar-refractivity contribution is 0.0699. The van der Waals surface area contributed by atoms with Crippen LogP contribution in [0.5, 0.6) is 0 Å². The molecule has 0 bridgehead atoms. The van der Waals surface area contributed by atoms with Crippen molar-refractivity contribution in [2.75, 3.05) is 25.1 Å². The molecular formula is C13H19N3O. The summed E-state index contributed by atoms with van der Waals surface area (Å²) in [6.07, 6.45) is 7.49. The number of nitrogens with zero attached hydrogens (tertiary/aromatic N) is 2. The van der Waals surface area contributed by atoms with E-state index in [1.807, 2.05) is 0 Å². The predicted octanol–water partition coefficient (Wildman–Crippen LogP) is 1.80. The smallest absolute Gasteiger partial charge is 0.132 e. The largest absolute Gasteiger partial charge is 0.381 e. The van der Waals surface area contributed by atoms with Crippen molar-refractivity contribution in [3.63, 3.8) is 0 Å². The van der Waals surface area contributed by atoms with E-state index in [0.29, 0.717) is 0 Å². The quantitative estimate of drug-likeness (QED) is 0.865. The molecule has 0 radical (unpaired) electrons. The summed E-state index contributed by atoms with van der Waals surface area (Å²) in [4.78, 5) is 8.72. The zero-order valence-electron chi connectivity index (χ0n) is 10.1. The first-order valence-electron chi connectivity index (χ1n) is 6.58. The summed E-state index contributed by atoms with van der Waals surface area (Å²) in [6, 6.07) is 0. The van der Waals surface area contributed by atoms with Crippen LogP contribution >= 0.6 is 0 Å². The molecule has 1 aromatic heterocycles. The molecule has 17 heavy (non-hydrogen) atoms.